The van der Waals surface area contributed by atoms with Crippen molar-refractivity contribution in [3.05, 3.63) is 218 Å². The molecule has 59 heavy (non-hydrogen) atoms. The smallest absolute Gasteiger partial charge is 0.145 e. The fraction of sp³-hybridized carbons (Fsp3) is 0. The van der Waals surface area contributed by atoms with E-state index in [1.54, 1.807) is 0 Å². The Bertz CT molecular complexity index is 3500. The quantitative estimate of drug-likeness (QED) is 0.158. The number of hydrogen-bond donors (Lipinski definition) is 0. The van der Waals surface area contributed by atoms with E-state index < -0.39 is 0 Å². The van der Waals surface area contributed by atoms with Crippen molar-refractivity contribution in [2.75, 3.05) is 4.90 Å². The van der Waals surface area contributed by atoms with Crippen LogP contribution in [0.15, 0.2) is 223 Å². The van der Waals surface area contributed by atoms with Gasteiger partial charge in [0.1, 0.15) is 11.2 Å². The van der Waals surface area contributed by atoms with Crippen molar-refractivity contribution in [2.24, 2.45) is 0 Å². The molecule has 276 valence electrons. The van der Waals surface area contributed by atoms with Gasteiger partial charge in [0.05, 0.1) is 27.8 Å². The third-order valence-corrected chi connectivity index (χ3v) is 12.0. The number of furan rings is 1. The fourth-order valence-electron chi connectivity index (χ4n) is 9.28. The molecule has 0 amide bonds. The number of anilines is 3. The number of hydrogen-bond acceptors (Lipinski definition) is 2. The van der Waals surface area contributed by atoms with E-state index in [1.807, 2.05) is 0 Å². The lowest BCUT2D eigenvalue weighted by atomic mass is 9.96. The standard InChI is InChI=1S/C56H36N2O/c1-2-15-41(16-3-1)57(42-32-30-37(31-33-42)40-29-28-39-27-26-38-14-4-5-17-43(38)49(39)36-40)53-35-34-47(56-55(53)48-21-9-13-25-54(48)59-56)46-20-8-12-24-52(46)58-50-22-10-6-18-44(50)45-19-7-11-23-51(45)58/h1-36H. The molecule has 2 aromatic heterocycles. The Labute approximate surface area is 341 Å². The van der Waals surface area contributed by atoms with E-state index in [4.69, 9.17) is 4.42 Å². The van der Waals surface area contributed by atoms with Crippen molar-refractivity contribution < 1.29 is 4.42 Å². The number of rotatable bonds is 6. The van der Waals surface area contributed by atoms with E-state index in [0.29, 0.717) is 0 Å². The van der Waals surface area contributed by atoms with Gasteiger partial charge in [0.25, 0.3) is 0 Å². The maximum Gasteiger partial charge on any atom is 0.145 e. The van der Waals surface area contributed by atoms with Crippen molar-refractivity contribution in [2.45, 2.75) is 0 Å². The number of para-hydroxylation sites is 5. The Hall–Kier alpha value is -7.88. The van der Waals surface area contributed by atoms with E-state index in [9.17, 15) is 0 Å². The van der Waals surface area contributed by atoms with E-state index >= 15 is 0 Å². The zero-order valence-corrected chi connectivity index (χ0v) is 32.1. The predicted molar refractivity (Wildman–Crippen MR) is 249 cm³/mol. The van der Waals surface area contributed by atoms with Gasteiger partial charge in [0, 0.05) is 38.7 Å². The summed E-state index contributed by atoms with van der Waals surface area (Å²) in [6, 6.07) is 78.6. The van der Waals surface area contributed by atoms with Crippen LogP contribution in [0.5, 0.6) is 0 Å². The van der Waals surface area contributed by atoms with Crippen molar-refractivity contribution >= 4 is 82.4 Å². The van der Waals surface area contributed by atoms with Crippen LogP contribution < -0.4 is 4.90 Å². The molecule has 3 nitrogen and oxygen atoms in total. The van der Waals surface area contributed by atoms with E-state index in [1.165, 1.54) is 54.5 Å². The first kappa shape index (κ1) is 33.3. The Morgan fingerprint density at radius 1 is 0.373 bits per heavy atom. The maximum atomic E-state index is 6.95. The number of aromatic nitrogens is 1. The summed E-state index contributed by atoms with van der Waals surface area (Å²) in [6.07, 6.45) is 0. The highest BCUT2D eigenvalue weighted by molar-refractivity contribution is 6.18. The minimum Gasteiger partial charge on any atom is -0.455 e. The van der Waals surface area contributed by atoms with Gasteiger partial charge in [0.15, 0.2) is 0 Å². The highest BCUT2D eigenvalue weighted by Crippen LogP contribution is 2.47. The second-order valence-electron chi connectivity index (χ2n) is 15.3. The van der Waals surface area contributed by atoms with Gasteiger partial charge in [-0.05, 0) is 99.4 Å². The Balaban J connectivity index is 1.05. The average molecular weight is 753 g/mol. The summed E-state index contributed by atoms with van der Waals surface area (Å²) < 4.78 is 9.36. The van der Waals surface area contributed by atoms with Crippen LogP contribution in [0, 0.1) is 0 Å². The molecule has 0 aliphatic rings. The normalized spacial score (nSPS) is 11.7. The first-order chi connectivity index (χ1) is 29.3. The van der Waals surface area contributed by atoms with Crippen LogP contribution in [0.3, 0.4) is 0 Å². The van der Waals surface area contributed by atoms with Crippen LogP contribution in [0.1, 0.15) is 0 Å². The van der Waals surface area contributed by atoms with Gasteiger partial charge in [-0.3, -0.25) is 0 Å². The Kier molecular flexibility index (Phi) is 7.54. The Morgan fingerprint density at radius 3 is 1.73 bits per heavy atom. The molecule has 10 aromatic carbocycles. The molecule has 12 aromatic rings. The summed E-state index contributed by atoms with van der Waals surface area (Å²) >= 11 is 0. The maximum absolute atomic E-state index is 6.95. The first-order valence-corrected chi connectivity index (χ1v) is 20.2. The first-order valence-electron chi connectivity index (χ1n) is 20.2. The number of benzene rings is 10. The van der Waals surface area contributed by atoms with Gasteiger partial charge >= 0.3 is 0 Å². The second-order valence-corrected chi connectivity index (χ2v) is 15.3. The summed E-state index contributed by atoms with van der Waals surface area (Å²) in [4.78, 5) is 2.37. The van der Waals surface area contributed by atoms with Crippen LogP contribution in [0.25, 0.3) is 93.2 Å². The monoisotopic (exact) mass is 752 g/mol. The molecule has 0 radical (unpaired) electrons. The topological polar surface area (TPSA) is 21.3 Å². The SMILES string of the molecule is c1ccc(N(c2ccc(-c3ccc4ccc5ccccc5c4c3)cc2)c2ccc(-c3ccccc3-n3c4ccccc4c4ccccc43)c3oc4ccccc4c23)cc1. The third-order valence-electron chi connectivity index (χ3n) is 12.0. The van der Waals surface area contributed by atoms with Crippen LogP contribution in [-0.2, 0) is 0 Å². The molecule has 0 spiro atoms. The fourth-order valence-corrected chi connectivity index (χ4v) is 9.28. The van der Waals surface area contributed by atoms with Gasteiger partial charge in [0.2, 0.25) is 0 Å². The van der Waals surface area contributed by atoms with Crippen molar-refractivity contribution in [3.63, 3.8) is 0 Å². The van der Waals surface area contributed by atoms with Gasteiger partial charge in [-0.15, -0.1) is 0 Å². The molecule has 0 atom stereocenters. The minimum absolute atomic E-state index is 0.859. The van der Waals surface area contributed by atoms with Crippen LogP contribution in [0.2, 0.25) is 0 Å². The van der Waals surface area contributed by atoms with E-state index in [0.717, 1.165) is 55.8 Å². The molecule has 0 unspecified atom stereocenters. The summed E-state index contributed by atoms with van der Waals surface area (Å²) in [5, 5.41) is 9.67. The van der Waals surface area contributed by atoms with Gasteiger partial charge in [-0.2, -0.15) is 0 Å². The van der Waals surface area contributed by atoms with Gasteiger partial charge in [-0.25, -0.2) is 0 Å². The second kappa shape index (κ2) is 13.4. The van der Waals surface area contributed by atoms with Gasteiger partial charge < -0.3 is 13.9 Å². The van der Waals surface area contributed by atoms with Gasteiger partial charge in [-0.1, -0.05) is 152 Å². The number of nitrogens with zero attached hydrogens (tertiary/aromatic N) is 2. The highest BCUT2D eigenvalue weighted by Gasteiger charge is 2.24. The zero-order chi connectivity index (χ0) is 38.9. The summed E-state index contributed by atoms with van der Waals surface area (Å²) in [5.74, 6) is 0. The van der Waals surface area contributed by atoms with E-state index in [2.05, 4.69) is 228 Å². The van der Waals surface area contributed by atoms with Crippen LogP contribution >= 0.6 is 0 Å². The van der Waals surface area contributed by atoms with Crippen molar-refractivity contribution in [1.29, 1.82) is 0 Å². The largest absolute Gasteiger partial charge is 0.455 e. The lowest BCUT2D eigenvalue weighted by molar-refractivity contribution is 0.670. The average Bonchev–Trinajstić information content (AvgIpc) is 3.86. The Morgan fingerprint density at radius 2 is 0.949 bits per heavy atom. The molecule has 0 saturated carbocycles. The van der Waals surface area contributed by atoms with Crippen molar-refractivity contribution in [3.8, 4) is 27.9 Å². The molecule has 3 heteroatoms. The molecule has 0 N–H and O–H groups in total. The van der Waals surface area contributed by atoms with Crippen molar-refractivity contribution in [1.82, 2.24) is 4.57 Å². The molecule has 12 rings (SSSR count). The summed E-state index contributed by atoms with van der Waals surface area (Å²) in [6.45, 7) is 0. The lowest BCUT2D eigenvalue weighted by Gasteiger charge is -2.27. The molecule has 0 fully saturated rings. The number of fused-ring (bicyclic) bond motifs is 9. The summed E-state index contributed by atoms with van der Waals surface area (Å²) in [7, 11) is 0. The van der Waals surface area contributed by atoms with Crippen LogP contribution in [0.4, 0.5) is 17.1 Å². The third kappa shape index (κ3) is 5.29. The van der Waals surface area contributed by atoms with Crippen LogP contribution in [-0.4, -0.2) is 4.57 Å². The molecule has 0 bridgehead atoms. The van der Waals surface area contributed by atoms with E-state index in [-0.39, 0.29) is 0 Å². The molecule has 0 saturated heterocycles. The molecular weight excluding hydrogens is 717 g/mol. The molecular formula is C56H36N2O. The zero-order valence-electron chi connectivity index (χ0n) is 32.1. The molecule has 2 heterocycles. The highest BCUT2D eigenvalue weighted by atomic mass is 16.3. The summed E-state index contributed by atoms with van der Waals surface area (Å²) in [5.41, 5.74) is 12.9. The predicted octanol–water partition coefficient (Wildman–Crippen LogP) is 15.8. The lowest BCUT2D eigenvalue weighted by Crippen LogP contribution is -2.10. The minimum atomic E-state index is 0.859. The molecule has 0 aliphatic heterocycles. The molecule has 0 aliphatic carbocycles.